The third kappa shape index (κ3) is 3.85. The van der Waals surface area contributed by atoms with Crippen LogP contribution in [0.2, 0.25) is 0 Å². The third-order valence-electron chi connectivity index (χ3n) is 4.12. The highest BCUT2D eigenvalue weighted by Crippen LogP contribution is 2.27. The topological polar surface area (TPSA) is 21.3 Å². The highest BCUT2D eigenvalue weighted by Gasteiger charge is 2.22. The van der Waals surface area contributed by atoms with Crippen molar-refractivity contribution in [2.45, 2.75) is 38.3 Å². The van der Waals surface area contributed by atoms with Crippen molar-refractivity contribution in [3.8, 4) is 5.75 Å². The average Bonchev–Trinajstić information content (AvgIpc) is 2.95. The molecule has 2 unspecified atom stereocenters. The van der Waals surface area contributed by atoms with Crippen molar-refractivity contribution in [3.05, 3.63) is 65.7 Å². The van der Waals surface area contributed by atoms with Gasteiger partial charge in [0.15, 0.2) is 0 Å². The first-order valence-corrected chi connectivity index (χ1v) is 7.83. The lowest BCUT2D eigenvalue weighted by molar-refractivity contribution is 0.221. The maximum atomic E-state index is 5.96. The largest absolute Gasteiger partial charge is 0.488 e. The van der Waals surface area contributed by atoms with E-state index in [0.717, 1.165) is 31.6 Å². The number of nitrogens with one attached hydrogen (secondary N) is 1. The smallest absolute Gasteiger partial charge is 0.123 e. The van der Waals surface area contributed by atoms with Gasteiger partial charge in [0.05, 0.1) is 0 Å². The molecular formula is C19H23NO. The normalized spacial score (nSPS) is 18.0. The van der Waals surface area contributed by atoms with Crippen molar-refractivity contribution in [1.82, 2.24) is 5.32 Å². The van der Waals surface area contributed by atoms with Gasteiger partial charge in [-0.25, -0.2) is 0 Å². The first-order chi connectivity index (χ1) is 10.3. The summed E-state index contributed by atoms with van der Waals surface area (Å²) >= 11 is 0. The Bertz CT molecular complexity index is 542. The van der Waals surface area contributed by atoms with Gasteiger partial charge in [0.2, 0.25) is 0 Å². The Labute approximate surface area is 127 Å². The van der Waals surface area contributed by atoms with Crippen molar-refractivity contribution >= 4 is 0 Å². The fourth-order valence-corrected chi connectivity index (χ4v) is 2.83. The predicted octanol–water partition coefficient (Wildman–Crippen LogP) is 3.60. The van der Waals surface area contributed by atoms with Gasteiger partial charge < -0.3 is 10.1 Å². The molecule has 0 aromatic heterocycles. The maximum absolute atomic E-state index is 5.96. The summed E-state index contributed by atoms with van der Waals surface area (Å²) < 4.78 is 5.96. The van der Waals surface area contributed by atoms with Crippen LogP contribution in [0.4, 0.5) is 0 Å². The van der Waals surface area contributed by atoms with Crippen LogP contribution in [0.5, 0.6) is 5.75 Å². The first kappa shape index (κ1) is 14.2. The third-order valence-corrected chi connectivity index (χ3v) is 4.12. The molecule has 0 spiro atoms. The van der Waals surface area contributed by atoms with Gasteiger partial charge in [0.25, 0.3) is 0 Å². The molecule has 21 heavy (non-hydrogen) atoms. The molecule has 0 radical (unpaired) electrons. The number of ether oxygens (including phenoxy) is 1. The van der Waals surface area contributed by atoms with Crippen LogP contribution in [-0.2, 0) is 12.8 Å². The molecule has 0 fully saturated rings. The van der Waals surface area contributed by atoms with Crippen molar-refractivity contribution in [2.75, 3.05) is 6.54 Å². The van der Waals surface area contributed by atoms with Gasteiger partial charge in [-0.2, -0.15) is 0 Å². The summed E-state index contributed by atoms with van der Waals surface area (Å²) in [5.74, 6) is 1.06. The number of aryl methyl sites for hydroxylation is 1. The number of fused-ring (bicyclic) bond motifs is 1. The van der Waals surface area contributed by atoms with Crippen LogP contribution in [0.3, 0.4) is 0 Å². The molecule has 1 aliphatic rings. The average molecular weight is 281 g/mol. The Balaban J connectivity index is 1.40. The quantitative estimate of drug-likeness (QED) is 0.873. The molecule has 1 heterocycles. The molecule has 0 bridgehead atoms. The summed E-state index contributed by atoms with van der Waals surface area (Å²) in [5, 5.41) is 3.60. The molecule has 1 N–H and O–H groups in total. The summed E-state index contributed by atoms with van der Waals surface area (Å²) in [7, 11) is 0. The second-order valence-corrected chi connectivity index (χ2v) is 5.89. The molecule has 0 aliphatic carbocycles. The second-order valence-electron chi connectivity index (χ2n) is 5.89. The molecule has 3 rings (SSSR count). The van der Waals surface area contributed by atoms with E-state index in [2.05, 4.69) is 60.8 Å². The molecule has 2 atom stereocenters. The molecule has 0 amide bonds. The molecule has 2 nitrogen and oxygen atoms in total. The van der Waals surface area contributed by atoms with Crippen molar-refractivity contribution in [2.24, 2.45) is 0 Å². The van der Waals surface area contributed by atoms with Gasteiger partial charge in [0, 0.05) is 19.0 Å². The van der Waals surface area contributed by atoms with Gasteiger partial charge >= 0.3 is 0 Å². The monoisotopic (exact) mass is 281 g/mol. The zero-order valence-electron chi connectivity index (χ0n) is 12.6. The molecule has 2 heteroatoms. The Hall–Kier alpha value is -1.80. The van der Waals surface area contributed by atoms with E-state index >= 15 is 0 Å². The van der Waals surface area contributed by atoms with Gasteiger partial charge in [-0.3, -0.25) is 0 Å². The van der Waals surface area contributed by atoms with Gasteiger partial charge in [-0.15, -0.1) is 0 Å². The maximum Gasteiger partial charge on any atom is 0.123 e. The Morgan fingerprint density at radius 2 is 1.86 bits per heavy atom. The Morgan fingerprint density at radius 3 is 2.67 bits per heavy atom. The van der Waals surface area contributed by atoms with Crippen LogP contribution >= 0.6 is 0 Å². The number of rotatable bonds is 6. The zero-order valence-corrected chi connectivity index (χ0v) is 12.6. The number of benzene rings is 2. The van der Waals surface area contributed by atoms with Gasteiger partial charge in [-0.05, 0) is 37.0 Å². The molecule has 2 aromatic carbocycles. The summed E-state index contributed by atoms with van der Waals surface area (Å²) in [6.45, 7) is 3.18. The van der Waals surface area contributed by atoms with Crippen LogP contribution < -0.4 is 10.1 Å². The molecule has 2 aromatic rings. The lowest BCUT2D eigenvalue weighted by Gasteiger charge is -2.17. The Kier molecular flexibility index (Phi) is 4.56. The lowest BCUT2D eigenvalue weighted by Crippen LogP contribution is -2.36. The van der Waals surface area contributed by atoms with Crippen molar-refractivity contribution in [1.29, 1.82) is 0 Å². The second kappa shape index (κ2) is 6.77. The van der Waals surface area contributed by atoms with E-state index in [9.17, 15) is 0 Å². The SMILES string of the molecule is CC(CCc1ccccc1)NCC1Cc2ccccc2O1. The van der Waals surface area contributed by atoms with Crippen molar-refractivity contribution < 1.29 is 4.74 Å². The standard InChI is InChI=1S/C19H23NO/c1-15(11-12-16-7-3-2-4-8-16)20-14-18-13-17-9-5-6-10-19(17)21-18/h2-10,15,18,20H,11-14H2,1H3. The summed E-state index contributed by atoms with van der Waals surface area (Å²) in [4.78, 5) is 0. The summed E-state index contributed by atoms with van der Waals surface area (Å²) in [6.07, 6.45) is 3.58. The van der Waals surface area contributed by atoms with Crippen LogP contribution in [0.1, 0.15) is 24.5 Å². The van der Waals surface area contributed by atoms with Crippen LogP contribution in [-0.4, -0.2) is 18.7 Å². The fraction of sp³-hybridized carbons (Fsp3) is 0.368. The van der Waals surface area contributed by atoms with E-state index in [4.69, 9.17) is 4.74 Å². The van der Waals surface area contributed by atoms with E-state index < -0.39 is 0 Å². The van der Waals surface area contributed by atoms with E-state index in [1.165, 1.54) is 11.1 Å². The van der Waals surface area contributed by atoms with E-state index in [-0.39, 0.29) is 6.10 Å². The summed E-state index contributed by atoms with van der Waals surface area (Å²) in [5.41, 5.74) is 2.75. The van der Waals surface area contributed by atoms with Crippen LogP contribution in [0.25, 0.3) is 0 Å². The molecular weight excluding hydrogens is 258 g/mol. The van der Waals surface area contributed by atoms with Gasteiger partial charge in [-0.1, -0.05) is 48.5 Å². The molecule has 1 aliphatic heterocycles. The predicted molar refractivity (Wildman–Crippen MR) is 86.8 cm³/mol. The minimum absolute atomic E-state index is 0.279. The van der Waals surface area contributed by atoms with E-state index in [1.807, 2.05) is 6.07 Å². The van der Waals surface area contributed by atoms with Crippen LogP contribution in [0, 0.1) is 0 Å². The highest BCUT2D eigenvalue weighted by atomic mass is 16.5. The van der Waals surface area contributed by atoms with Crippen molar-refractivity contribution in [3.63, 3.8) is 0 Å². The number of para-hydroxylation sites is 1. The number of hydrogen-bond donors (Lipinski definition) is 1. The van der Waals surface area contributed by atoms with Crippen LogP contribution in [0.15, 0.2) is 54.6 Å². The van der Waals surface area contributed by atoms with E-state index in [1.54, 1.807) is 0 Å². The lowest BCUT2D eigenvalue weighted by atomic mass is 10.1. The fourth-order valence-electron chi connectivity index (χ4n) is 2.83. The minimum Gasteiger partial charge on any atom is -0.488 e. The Morgan fingerprint density at radius 1 is 1.10 bits per heavy atom. The van der Waals surface area contributed by atoms with Gasteiger partial charge in [0.1, 0.15) is 11.9 Å². The molecule has 0 saturated heterocycles. The molecule has 0 saturated carbocycles. The highest BCUT2D eigenvalue weighted by molar-refractivity contribution is 5.37. The number of hydrogen-bond acceptors (Lipinski definition) is 2. The van der Waals surface area contributed by atoms with E-state index in [0.29, 0.717) is 6.04 Å². The summed E-state index contributed by atoms with van der Waals surface area (Å²) in [6, 6.07) is 19.5. The first-order valence-electron chi connectivity index (χ1n) is 7.83. The molecule has 110 valence electrons. The minimum atomic E-state index is 0.279. The zero-order chi connectivity index (χ0) is 14.5.